The lowest BCUT2D eigenvalue weighted by Gasteiger charge is -2.10. The lowest BCUT2D eigenvalue weighted by molar-refractivity contribution is -0.120. The molecule has 1 unspecified atom stereocenters. The standard InChI is InChI=1S/C11H15NO3/c1-3-8(7(2)13)6-9-4-5-10(14)11(15)12-9/h4-5,8,14H,3,6H2,1-2H3,(H,12,15). The maximum Gasteiger partial charge on any atom is 0.290 e. The fourth-order valence-corrected chi connectivity index (χ4v) is 1.47. The summed E-state index contributed by atoms with van der Waals surface area (Å²) in [5.41, 5.74) is 0.172. The second-order valence-electron chi connectivity index (χ2n) is 3.62. The number of H-pyrrole nitrogens is 1. The lowest BCUT2D eigenvalue weighted by Crippen LogP contribution is -2.16. The van der Waals surface area contributed by atoms with Crippen LogP contribution < -0.4 is 5.56 Å². The van der Waals surface area contributed by atoms with E-state index in [1.54, 1.807) is 13.0 Å². The summed E-state index contributed by atoms with van der Waals surface area (Å²) in [5.74, 6) is -0.244. The third-order valence-electron chi connectivity index (χ3n) is 2.48. The maximum atomic E-state index is 11.2. The predicted octanol–water partition coefficient (Wildman–Crippen LogP) is 1.24. The molecule has 0 amide bonds. The van der Waals surface area contributed by atoms with Gasteiger partial charge in [-0.1, -0.05) is 6.92 Å². The van der Waals surface area contributed by atoms with E-state index < -0.39 is 5.56 Å². The molecule has 0 saturated carbocycles. The van der Waals surface area contributed by atoms with E-state index in [1.807, 2.05) is 6.92 Å². The highest BCUT2D eigenvalue weighted by molar-refractivity contribution is 5.78. The molecule has 1 heterocycles. The molecule has 0 bridgehead atoms. The first-order valence-corrected chi connectivity index (χ1v) is 4.96. The van der Waals surface area contributed by atoms with Gasteiger partial charge in [-0.05, 0) is 31.9 Å². The van der Waals surface area contributed by atoms with Crippen molar-refractivity contribution in [2.45, 2.75) is 26.7 Å². The molecule has 0 fully saturated rings. The molecule has 4 heteroatoms. The van der Waals surface area contributed by atoms with Crippen molar-refractivity contribution in [2.24, 2.45) is 5.92 Å². The molecule has 0 spiro atoms. The summed E-state index contributed by atoms with van der Waals surface area (Å²) in [6.07, 6.45) is 1.26. The Morgan fingerprint density at radius 2 is 2.20 bits per heavy atom. The number of aromatic amines is 1. The van der Waals surface area contributed by atoms with Crippen LogP contribution in [-0.4, -0.2) is 15.9 Å². The van der Waals surface area contributed by atoms with Crippen molar-refractivity contribution < 1.29 is 9.90 Å². The normalized spacial score (nSPS) is 12.4. The molecule has 1 aromatic rings. The van der Waals surface area contributed by atoms with Crippen LogP contribution in [0.15, 0.2) is 16.9 Å². The second-order valence-corrected chi connectivity index (χ2v) is 3.62. The van der Waals surface area contributed by atoms with Crippen molar-refractivity contribution in [3.63, 3.8) is 0 Å². The number of carbonyl (C=O) groups is 1. The van der Waals surface area contributed by atoms with Gasteiger partial charge in [-0.15, -0.1) is 0 Å². The topological polar surface area (TPSA) is 70.2 Å². The molecule has 15 heavy (non-hydrogen) atoms. The molecule has 0 aliphatic heterocycles. The van der Waals surface area contributed by atoms with Crippen LogP contribution in [0.5, 0.6) is 5.75 Å². The van der Waals surface area contributed by atoms with Gasteiger partial charge in [-0.25, -0.2) is 0 Å². The second kappa shape index (κ2) is 4.77. The van der Waals surface area contributed by atoms with Crippen LogP contribution in [-0.2, 0) is 11.2 Å². The van der Waals surface area contributed by atoms with Gasteiger partial charge in [0.15, 0.2) is 5.75 Å². The van der Waals surface area contributed by atoms with Crippen molar-refractivity contribution in [1.29, 1.82) is 0 Å². The first kappa shape index (κ1) is 11.5. The largest absolute Gasteiger partial charge is 0.503 e. The molecule has 4 nitrogen and oxygen atoms in total. The predicted molar refractivity (Wildman–Crippen MR) is 56.9 cm³/mol. The van der Waals surface area contributed by atoms with E-state index in [0.29, 0.717) is 12.1 Å². The van der Waals surface area contributed by atoms with Crippen LogP contribution in [0.3, 0.4) is 0 Å². The first-order valence-electron chi connectivity index (χ1n) is 4.96. The zero-order valence-corrected chi connectivity index (χ0v) is 8.91. The van der Waals surface area contributed by atoms with E-state index in [1.165, 1.54) is 6.07 Å². The zero-order valence-electron chi connectivity index (χ0n) is 8.91. The number of Topliss-reactive ketones (excluding diaryl/α,β-unsaturated/α-hetero) is 1. The minimum Gasteiger partial charge on any atom is -0.503 e. The Morgan fingerprint density at radius 3 is 2.67 bits per heavy atom. The molecule has 1 aromatic heterocycles. The molecular weight excluding hydrogens is 194 g/mol. The molecule has 2 N–H and O–H groups in total. The molecule has 1 rings (SSSR count). The third-order valence-corrected chi connectivity index (χ3v) is 2.48. The van der Waals surface area contributed by atoms with Crippen LogP contribution >= 0.6 is 0 Å². The summed E-state index contributed by atoms with van der Waals surface area (Å²) in [7, 11) is 0. The Hall–Kier alpha value is -1.58. The van der Waals surface area contributed by atoms with Gasteiger partial charge in [-0.2, -0.15) is 0 Å². The lowest BCUT2D eigenvalue weighted by atomic mass is 9.96. The molecule has 0 saturated heterocycles. The fourth-order valence-electron chi connectivity index (χ4n) is 1.47. The van der Waals surface area contributed by atoms with E-state index in [2.05, 4.69) is 4.98 Å². The third kappa shape index (κ3) is 2.94. The minimum atomic E-state index is -0.508. The molecular formula is C11H15NO3. The number of hydrogen-bond acceptors (Lipinski definition) is 3. The molecule has 0 aromatic carbocycles. The summed E-state index contributed by atoms with van der Waals surface area (Å²) in [5, 5.41) is 9.03. The summed E-state index contributed by atoms with van der Waals surface area (Å²) >= 11 is 0. The van der Waals surface area contributed by atoms with Crippen LogP contribution in [0.1, 0.15) is 26.0 Å². The van der Waals surface area contributed by atoms with Gasteiger partial charge in [0.25, 0.3) is 5.56 Å². The number of hydrogen-bond donors (Lipinski definition) is 2. The van der Waals surface area contributed by atoms with E-state index in [-0.39, 0.29) is 17.5 Å². The van der Waals surface area contributed by atoms with Gasteiger partial charge >= 0.3 is 0 Å². The molecule has 0 radical (unpaired) electrons. The van der Waals surface area contributed by atoms with Gasteiger partial charge in [0.05, 0.1) is 0 Å². The Labute approximate surface area is 88.0 Å². The van der Waals surface area contributed by atoms with Crippen LogP contribution in [0.25, 0.3) is 0 Å². The average Bonchev–Trinajstić information content (AvgIpc) is 2.19. The van der Waals surface area contributed by atoms with Crippen LogP contribution in [0, 0.1) is 5.92 Å². The van der Waals surface area contributed by atoms with Crippen LogP contribution in [0.2, 0.25) is 0 Å². The minimum absolute atomic E-state index is 0.0646. The van der Waals surface area contributed by atoms with Crippen molar-refractivity contribution >= 4 is 5.78 Å². The average molecular weight is 209 g/mol. The van der Waals surface area contributed by atoms with Gasteiger partial charge in [-0.3, -0.25) is 9.59 Å². The highest BCUT2D eigenvalue weighted by Gasteiger charge is 2.13. The maximum absolute atomic E-state index is 11.2. The Kier molecular flexibility index (Phi) is 3.66. The summed E-state index contributed by atoms with van der Waals surface area (Å²) in [6.45, 7) is 3.48. The molecule has 1 atom stereocenters. The number of pyridine rings is 1. The highest BCUT2D eigenvalue weighted by Crippen LogP contribution is 2.11. The summed E-state index contributed by atoms with van der Waals surface area (Å²) in [6, 6.07) is 2.98. The number of carbonyl (C=O) groups excluding carboxylic acids is 1. The number of aromatic hydroxyl groups is 1. The molecule has 0 aliphatic rings. The zero-order chi connectivity index (χ0) is 11.4. The highest BCUT2D eigenvalue weighted by atomic mass is 16.3. The van der Waals surface area contributed by atoms with Crippen LogP contribution in [0.4, 0.5) is 0 Å². The monoisotopic (exact) mass is 209 g/mol. The Balaban J connectivity index is 2.84. The quantitative estimate of drug-likeness (QED) is 0.783. The summed E-state index contributed by atoms with van der Waals surface area (Å²) < 4.78 is 0. The fraction of sp³-hybridized carbons (Fsp3) is 0.455. The number of nitrogens with one attached hydrogen (secondary N) is 1. The molecule has 0 aliphatic carbocycles. The molecule has 82 valence electrons. The van der Waals surface area contributed by atoms with Crippen molar-refractivity contribution in [3.05, 3.63) is 28.2 Å². The van der Waals surface area contributed by atoms with E-state index in [0.717, 1.165) is 6.42 Å². The van der Waals surface area contributed by atoms with E-state index in [4.69, 9.17) is 5.11 Å². The summed E-state index contributed by atoms with van der Waals surface area (Å²) in [4.78, 5) is 24.8. The first-order chi connectivity index (χ1) is 7.04. The Morgan fingerprint density at radius 1 is 1.53 bits per heavy atom. The number of ketones is 1. The van der Waals surface area contributed by atoms with Gasteiger partial charge in [0.1, 0.15) is 5.78 Å². The van der Waals surface area contributed by atoms with Gasteiger partial charge in [0, 0.05) is 11.6 Å². The number of rotatable bonds is 4. The SMILES string of the molecule is CCC(Cc1ccc(O)c(=O)[nH]1)C(C)=O. The van der Waals surface area contributed by atoms with Gasteiger partial charge in [0.2, 0.25) is 0 Å². The van der Waals surface area contributed by atoms with Gasteiger partial charge < -0.3 is 10.1 Å². The van der Waals surface area contributed by atoms with Crippen molar-refractivity contribution in [2.75, 3.05) is 0 Å². The van der Waals surface area contributed by atoms with E-state index >= 15 is 0 Å². The van der Waals surface area contributed by atoms with Crippen molar-refractivity contribution in [1.82, 2.24) is 4.98 Å². The van der Waals surface area contributed by atoms with Crippen molar-refractivity contribution in [3.8, 4) is 5.75 Å². The Bertz CT molecular complexity index is 409. The smallest absolute Gasteiger partial charge is 0.290 e. The van der Waals surface area contributed by atoms with E-state index in [9.17, 15) is 9.59 Å². The number of aromatic nitrogens is 1.